The fourth-order valence-electron chi connectivity index (χ4n) is 1.63. The lowest BCUT2D eigenvalue weighted by molar-refractivity contribution is 0.0110. The van der Waals surface area contributed by atoms with Crippen LogP contribution in [-0.4, -0.2) is 46.3 Å². The van der Waals surface area contributed by atoms with Gasteiger partial charge in [-0.1, -0.05) is 6.07 Å². The summed E-state index contributed by atoms with van der Waals surface area (Å²) in [4.78, 5) is 0. The molecule has 0 saturated carbocycles. The molecular formula is C13H20O5. The van der Waals surface area contributed by atoms with Gasteiger partial charge in [-0.15, -0.1) is 0 Å². The van der Waals surface area contributed by atoms with Gasteiger partial charge in [0.1, 0.15) is 17.6 Å². The molecule has 0 aliphatic heterocycles. The predicted octanol–water partition coefficient (Wildman–Crippen LogP) is 1.40. The van der Waals surface area contributed by atoms with Crippen LogP contribution in [0.25, 0.3) is 0 Å². The van der Waals surface area contributed by atoms with Crippen molar-refractivity contribution in [2.75, 3.05) is 41.2 Å². The second-order valence-corrected chi connectivity index (χ2v) is 3.66. The lowest BCUT2D eigenvalue weighted by atomic mass is 10.1. The Kier molecular flexibility index (Phi) is 6.49. The lowest BCUT2D eigenvalue weighted by Crippen LogP contribution is -2.12. The van der Waals surface area contributed by atoms with Crippen molar-refractivity contribution in [2.45, 2.75) is 6.10 Å². The second-order valence-electron chi connectivity index (χ2n) is 3.66. The van der Waals surface area contributed by atoms with Crippen molar-refractivity contribution in [1.82, 2.24) is 0 Å². The summed E-state index contributed by atoms with van der Waals surface area (Å²) in [5, 5.41) is 10.1. The molecule has 1 rings (SSSR count). The number of aliphatic hydroxyl groups is 1. The van der Waals surface area contributed by atoms with Gasteiger partial charge in [-0.25, -0.2) is 0 Å². The minimum absolute atomic E-state index is 0.167. The van der Waals surface area contributed by atoms with Crippen LogP contribution in [0.5, 0.6) is 11.5 Å². The summed E-state index contributed by atoms with van der Waals surface area (Å²) in [6.07, 6.45) is -0.798. The molecule has 102 valence electrons. The van der Waals surface area contributed by atoms with Crippen molar-refractivity contribution in [3.63, 3.8) is 0 Å². The van der Waals surface area contributed by atoms with E-state index in [-0.39, 0.29) is 6.61 Å². The quantitative estimate of drug-likeness (QED) is 0.712. The molecule has 0 amide bonds. The first-order chi connectivity index (χ1) is 8.74. The Morgan fingerprint density at radius 1 is 1.06 bits per heavy atom. The molecule has 0 radical (unpaired) electrons. The summed E-state index contributed by atoms with van der Waals surface area (Å²) in [7, 11) is 4.70. The molecule has 0 saturated heterocycles. The third-order valence-electron chi connectivity index (χ3n) is 2.51. The average molecular weight is 256 g/mol. The van der Waals surface area contributed by atoms with Crippen molar-refractivity contribution in [2.24, 2.45) is 0 Å². The van der Waals surface area contributed by atoms with Crippen LogP contribution in [0, 0.1) is 0 Å². The summed E-state index contributed by atoms with van der Waals surface area (Å²) in [6, 6.07) is 5.35. The van der Waals surface area contributed by atoms with E-state index in [1.165, 1.54) is 0 Å². The molecule has 0 aromatic heterocycles. The molecule has 1 aromatic rings. The normalized spacial score (nSPS) is 12.2. The van der Waals surface area contributed by atoms with Gasteiger partial charge in [0.15, 0.2) is 0 Å². The number of hydrogen-bond donors (Lipinski definition) is 1. The van der Waals surface area contributed by atoms with Gasteiger partial charge in [-0.05, 0) is 12.1 Å². The zero-order valence-corrected chi connectivity index (χ0v) is 11.0. The van der Waals surface area contributed by atoms with Crippen LogP contribution in [0.4, 0.5) is 0 Å². The summed E-state index contributed by atoms with van der Waals surface area (Å²) < 4.78 is 20.6. The average Bonchev–Trinajstić information content (AvgIpc) is 2.42. The van der Waals surface area contributed by atoms with Crippen LogP contribution in [0.3, 0.4) is 0 Å². The maximum absolute atomic E-state index is 10.1. The third kappa shape index (κ3) is 3.87. The zero-order valence-electron chi connectivity index (χ0n) is 11.0. The Balaban J connectivity index is 2.73. The minimum Gasteiger partial charge on any atom is -0.496 e. The third-order valence-corrected chi connectivity index (χ3v) is 2.51. The number of ether oxygens (including phenoxy) is 4. The van der Waals surface area contributed by atoms with Gasteiger partial charge < -0.3 is 24.1 Å². The van der Waals surface area contributed by atoms with Gasteiger partial charge >= 0.3 is 0 Å². The van der Waals surface area contributed by atoms with Crippen LogP contribution < -0.4 is 9.47 Å². The molecule has 0 spiro atoms. The molecule has 0 aliphatic carbocycles. The Morgan fingerprint density at radius 3 is 2.17 bits per heavy atom. The predicted molar refractivity (Wildman–Crippen MR) is 67.2 cm³/mol. The number of aliphatic hydroxyl groups excluding tert-OH is 1. The van der Waals surface area contributed by atoms with Gasteiger partial charge in [0.05, 0.1) is 39.6 Å². The van der Waals surface area contributed by atoms with E-state index in [0.29, 0.717) is 30.3 Å². The Morgan fingerprint density at radius 2 is 1.67 bits per heavy atom. The topological polar surface area (TPSA) is 57.2 Å². The molecule has 1 atom stereocenters. The molecule has 0 aliphatic rings. The van der Waals surface area contributed by atoms with Crippen molar-refractivity contribution >= 4 is 0 Å². The van der Waals surface area contributed by atoms with E-state index in [2.05, 4.69) is 0 Å². The number of hydrogen-bond acceptors (Lipinski definition) is 5. The molecule has 0 bridgehead atoms. The van der Waals surface area contributed by atoms with E-state index in [1.54, 1.807) is 39.5 Å². The van der Waals surface area contributed by atoms with Crippen molar-refractivity contribution in [3.05, 3.63) is 23.8 Å². The van der Waals surface area contributed by atoms with Crippen molar-refractivity contribution < 1.29 is 24.1 Å². The molecule has 0 heterocycles. The van der Waals surface area contributed by atoms with Gasteiger partial charge in [-0.3, -0.25) is 0 Å². The van der Waals surface area contributed by atoms with Gasteiger partial charge in [0.25, 0.3) is 0 Å². The Hall–Kier alpha value is -1.30. The number of rotatable bonds is 8. The van der Waals surface area contributed by atoms with E-state index in [0.717, 1.165) is 0 Å². The highest BCUT2D eigenvalue weighted by atomic mass is 16.5. The minimum atomic E-state index is -0.798. The van der Waals surface area contributed by atoms with Crippen molar-refractivity contribution in [1.29, 1.82) is 0 Å². The first-order valence-corrected chi connectivity index (χ1v) is 5.70. The van der Waals surface area contributed by atoms with Crippen LogP contribution in [0.15, 0.2) is 18.2 Å². The van der Waals surface area contributed by atoms with Crippen LogP contribution >= 0.6 is 0 Å². The molecule has 18 heavy (non-hydrogen) atoms. The maximum atomic E-state index is 10.1. The smallest absolute Gasteiger partial charge is 0.128 e. The van der Waals surface area contributed by atoms with Gasteiger partial charge in [0, 0.05) is 7.11 Å². The Labute approximate surface area is 107 Å². The first-order valence-electron chi connectivity index (χ1n) is 5.70. The second kappa shape index (κ2) is 7.92. The summed E-state index contributed by atoms with van der Waals surface area (Å²) in [6.45, 7) is 1.10. The van der Waals surface area contributed by atoms with E-state index in [9.17, 15) is 5.11 Å². The molecule has 1 N–H and O–H groups in total. The van der Waals surface area contributed by atoms with Gasteiger partial charge in [0.2, 0.25) is 0 Å². The first kappa shape index (κ1) is 14.8. The zero-order chi connectivity index (χ0) is 13.4. The summed E-state index contributed by atoms with van der Waals surface area (Å²) >= 11 is 0. The van der Waals surface area contributed by atoms with Crippen LogP contribution in [0.1, 0.15) is 11.7 Å². The fourth-order valence-corrected chi connectivity index (χ4v) is 1.63. The molecular weight excluding hydrogens is 236 g/mol. The van der Waals surface area contributed by atoms with Crippen LogP contribution in [0.2, 0.25) is 0 Å². The molecule has 0 fully saturated rings. The van der Waals surface area contributed by atoms with E-state index >= 15 is 0 Å². The number of methoxy groups -OCH3 is 3. The number of benzene rings is 1. The largest absolute Gasteiger partial charge is 0.496 e. The highest BCUT2D eigenvalue weighted by Crippen LogP contribution is 2.33. The standard InChI is InChI=1S/C13H20O5/c1-15-7-8-18-9-10(14)13-11(16-2)5-4-6-12(13)17-3/h4-6,10,14H,7-9H2,1-3H3. The molecule has 5 heteroatoms. The Bertz CT molecular complexity index is 331. The lowest BCUT2D eigenvalue weighted by Gasteiger charge is -2.18. The molecule has 5 nitrogen and oxygen atoms in total. The SMILES string of the molecule is COCCOCC(O)c1c(OC)cccc1OC. The monoisotopic (exact) mass is 256 g/mol. The highest BCUT2D eigenvalue weighted by Gasteiger charge is 2.18. The highest BCUT2D eigenvalue weighted by molar-refractivity contribution is 5.46. The molecule has 1 unspecified atom stereocenters. The maximum Gasteiger partial charge on any atom is 0.128 e. The summed E-state index contributed by atoms with van der Waals surface area (Å²) in [5.74, 6) is 1.16. The summed E-state index contributed by atoms with van der Waals surface area (Å²) in [5.41, 5.74) is 0.597. The van der Waals surface area contributed by atoms with E-state index in [1.807, 2.05) is 0 Å². The van der Waals surface area contributed by atoms with E-state index < -0.39 is 6.10 Å². The van der Waals surface area contributed by atoms with Crippen LogP contribution in [-0.2, 0) is 9.47 Å². The molecule has 1 aromatic carbocycles. The fraction of sp³-hybridized carbons (Fsp3) is 0.538. The van der Waals surface area contributed by atoms with Crippen molar-refractivity contribution in [3.8, 4) is 11.5 Å². The van der Waals surface area contributed by atoms with Gasteiger partial charge in [-0.2, -0.15) is 0 Å². The van der Waals surface area contributed by atoms with E-state index in [4.69, 9.17) is 18.9 Å².